The lowest BCUT2D eigenvalue weighted by Crippen LogP contribution is -2.40. The molecule has 2 amide bonds. The van der Waals surface area contributed by atoms with Gasteiger partial charge in [-0.1, -0.05) is 0 Å². The lowest BCUT2D eigenvalue weighted by Gasteiger charge is -2.28. The fourth-order valence-electron chi connectivity index (χ4n) is 3.27. The Labute approximate surface area is 159 Å². The number of likely N-dealkylation sites (tertiary alicyclic amines) is 1. The summed E-state index contributed by atoms with van der Waals surface area (Å²) in [6.07, 6.45) is 9.63. The minimum atomic E-state index is -0.290. The smallest absolute Gasteiger partial charge is 0.275 e. The van der Waals surface area contributed by atoms with Crippen LogP contribution in [0.3, 0.4) is 0 Å². The van der Waals surface area contributed by atoms with E-state index in [4.69, 9.17) is 0 Å². The second-order valence-electron chi connectivity index (χ2n) is 7.16. The minimum absolute atomic E-state index is 0.0577. The zero-order valence-electron chi connectivity index (χ0n) is 16.1. The number of carbonyl (C=O) groups excluding carboxylic acids is 2. The van der Waals surface area contributed by atoms with Gasteiger partial charge in [0, 0.05) is 56.9 Å². The highest BCUT2D eigenvalue weighted by Gasteiger charge is 2.29. The highest BCUT2D eigenvalue weighted by molar-refractivity contribution is 6.04. The van der Waals surface area contributed by atoms with E-state index in [1.165, 1.54) is 12.4 Å². The average molecular weight is 370 g/mol. The van der Waals surface area contributed by atoms with Crippen molar-refractivity contribution in [3.8, 4) is 0 Å². The van der Waals surface area contributed by atoms with E-state index in [-0.39, 0.29) is 29.2 Å². The first-order valence-electron chi connectivity index (χ1n) is 9.36. The maximum atomic E-state index is 13.2. The van der Waals surface area contributed by atoms with Crippen molar-refractivity contribution in [2.45, 2.75) is 45.7 Å². The van der Waals surface area contributed by atoms with E-state index in [1.807, 2.05) is 27.1 Å². The van der Waals surface area contributed by atoms with Crippen molar-refractivity contribution in [2.24, 2.45) is 7.05 Å². The van der Waals surface area contributed by atoms with Gasteiger partial charge in [0.1, 0.15) is 0 Å². The quantitative estimate of drug-likeness (QED) is 0.802. The van der Waals surface area contributed by atoms with Gasteiger partial charge >= 0.3 is 0 Å². The van der Waals surface area contributed by atoms with Crippen LogP contribution in [0, 0.1) is 0 Å². The fourth-order valence-corrected chi connectivity index (χ4v) is 3.27. The first-order valence-corrected chi connectivity index (χ1v) is 9.36. The highest BCUT2D eigenvalue weighted by Crippen LogP contribution is 2.17. The summed E-state index contributed by atoms with van der Waals surface area (Å²) >= 11 is 0. The van der Waals surface area contributed by atoms with E-state index in [2.05, 4.69) is 15.1 Å². The molecule has 27 heavy (non-hydrogen) atoms. The third-order valence-electron chi connectivity index (χ3n) is 4.74. The topological polar surface area (TPSA) is 84.2 Å². The van der Waals surface area contributed by atoms with E-state index < -0.39 is 0 Å². The monoisotopic (exact) mass is 370 g/mol. The van der Waals surface area contributed by atoms with Crippen LogP contribution in [0.1, 0.15) is 59.7 Å². The number of aromatic nitrogens is 4. The van der Waals surface area contributed by atoms with Crippen molar-refractivity contribution in [1.29, 1.82) is 0 Å². The Morgan fingerprint density at radius 3 is 2.37 bits per heavy atom. The molecule has 3 rings (SSSR count). The van der Waals surface area contributed by atoms with Gasteiger partial charge in [0.05, 0.1) is 6.20 Å². The maximum absolute atomic E-state index is 13.2. The second-order valence-corrected chi connectivity index (χ2v) is 7.16. The van der Waals surface area contributed by atoms with Gasteiger partial charge in [0.2, 0.25) is 0 Å². The molecule has 1 saturated heterocycles. The number of rotatable bonds is 5. The van der Waals surface area contributed by atoms with Gasteiger partial charge in [-0.05, 0) is 33.1 Å². The predicted octanol–water partition coefficient (Wildman–Crippen LogP) is 1.89. The highest BCUT2D eigenvalue weighted by atomic mass is 16.2. The van der Waals surface area contributed by atoms with E-state index in [1.54, 1.807) is 20.7 Å². The summed E-state index contributed by atoms with van der Waals surface area (Å²) in [6.45, 7) is 5.69. The molecular formula is C19H26N6O2. The summed E-state index contributed by atoms with van der Waals surface area (Å²) in [4.78, 5) is 38.0. The normalized spacial score (nSPS) is 14.4. The third-order valence-corrected chi connectivity index (χ3v) is 4.74. The molecule has 8 heteroatoms. The van der Waals surface area contributed by atoms with Crippen LogP contribution in [-0.4, -0.2) is 60.5 Å². The van der Waals surface area contributed by atoms with Gasteiger partial charge in [0.25, 0.3) is 11.8 Å². The Morgan fingerprint density at radius 1 is 1.11 bits per heavy atom. The van der Waals surface area contributed by atoms with Crippen LogP contribution < -0.4 is 0 Å². The van der Waals surface area contributed by atoms with Crippen molar-refractivity contribution in [2.75, 3.05) is 13.1 Å². The van der Waals surface area contributed by atoms with Crippen LogP contribution in [0.5, 0.6) is 0 Å². The Balaban J connectivity index is 1.87. The SMILES string of the molecule is CC(C)N(Cc1cnn(C)c1)C(=O)c1nccnc1C(=O)N1CCCCC1. The molecule has 0 atom stereocenters. The first-order chi connectivity index (χ1) is 13.0. The van der Waals surface area contributed by atoms with Crippen LogP contribution in [0.4, 0.5) is 0 Å². The Kier molecular flexibility index (Phi) is 5.83. The molecule has 0 saturated carbocycles. The second kappa shape index (κ2) is 8.28. The third kappa shape index (κ3) is 4.32. The molecule has 0 aliphatic carbocycles. The van der Waals surface area contributed by atoms with Gasteiger partial charge in [-0.2, -0.15) is 5.10 Å². The van der Waals surface area contributed by atoms with Crippen LogP contribution >= 0.6 is 0 Å². The molecule has 8 nitrogen and oxygen atoms in total. The van der Waals surface area contributed by atoms with Crippen LogP contribution in [0.15, 0.2) is 24.8 Å². The number of amides is 2. The minimum Gasteiger partial charge on any atom is -0.337 e. The van der Waals surface area contributed by atoms with Crippen molar-refractivity contribution < 1.29 is 9.59 Å². The van der Waals surface area contributed by atoms with Crippen molar-refractivity contribution >= 4 is 11.8 Å². The van der Waals surface area contributed by atoms with Crippen molar-refractivity contribution in [1.82, 2.24) is 29.5 Å². The summed E-state index contributed by atoms with van der Waals surface area (Å²) in [6, 6.07) is -0.0577. The largest absolute Gasteiger partial charge is 0.337 e. The van der Waals surface area contributed by atoms with Crippen LogP contribution in [0.2, 0.25) is 0 Å². The van der Waals surface area contributed by atoms with E-state index in [0.29, 0.717) is 19.6 Å². The molecule has 0 bridgehead atoms. The zero-order valence-corrected chi connectivity index (χ0v) is 16.1. The first kappa shape index (κ1) is 19.0. The van der Waals surface area contributed by atoms with Gasteiger partial charge in [-0.3, -0.25) is 14.3 Å². The average Bonchev–Trinajstić information content (AvgIpc) is 3.10. The molecule has 144 valence electrons. The number of hydrogen-bond acceptors (Lipinski definition) is 5. The lowest BCUT2D eigenvalue weighted by atomic mass is 10.1. The van der Waals surface area contributed by atoms with E-state index in [0.717, 1.165) is 24.8 Å². The molecule has 1 aliphatic rings. The number of carbonyl (C=O) groups is 2. The molecule has 0 spiro atoms. The van der Waals surface area contributed by atoms with Crippen molar-refractivity contribution in [3.63, 3.8) is 0 Å². The van der Waals surface area contributed by atoms with Crippen LogP contribution in [-0.2, 0) is 13.6 Å². The van der Waals surface area contributed by atoms with Gasteiger partial charge in [-0.15, -0.1) is 0 Å². The molecule has 0 aromatic carbocycles. The summed E-state index contributed by atoms with van der Waals surface area (Å²) in [5.41, 5.74) is 1.18. The van der Waals surface area contributed by atoms with Gasteiger partial charge in [0.15, 0.2) is 11.4 Å². The fraction of sp³-hybridized carbons (Fsp3) is 0.526. The molecule has 1 fully saturated rings. The molecule has 0 N–H and O–H groups in total. The molecule has 3 heterocycles. The predicted molar refractivity (Wildman–Crippen MR) is 100 cm³/mol. The number of aryl methyl sites for hydroxylation is 1. The Hall–Kier alpha value is -2.77. The molecule has 2 aromatic rings. The van der Waals surface area contributed by atoms with Crippen molar-refractivity contribution in [3.05, 3.63) is 41.7 Å². The number of nitrogens with zero attached hydrogens (tertiary/aromatic N) is 6. The maximum Gasteiger partial charge on any atom is 0.275 e. The van der Waals surface area contributed by atoms with Gasteiger partial charge in [-0.25, -0.2) is 9.97 Å². The molecule has 0 unspecified atom stereocenters. The standard InChI is InChI=1S/C19H26N6O2/c1-14(2)25(13-15-11-22-23(3)12-15)19(27)17-16(20-7-8-21-17)18(26)24-9-5-4-6-10-24/h7-8,11-12,14H,4-6,9-10,13H2,1-3H3. The zero-order chi connectivity index (χ0) is 19.4. The Morgan fingerprint density at radius 2 is 1.78 bits per heavy atom. The molecular weight excluding hydrogens is 344 g/mol. The summed E-state index contributed by atoms with van der Waals surface area (Å²) < 4.78 is 1.70. The Bertz CT molecular complexity index is 810. The summed E-state index contributed by atoms with van der Waals surface area (Å²) in [5.74, 6) is -0.501. The van der Waals surface area contributed by atoms with Gasteiger partial charge < -0.3 is 9.80 Å². The van der Waals surface area contributed by atoms with E-state index in [9.17, 15) is 9.59 Å². The summed E-state index contributed by atoms with van der Waals surface area (Å²) in [5, 5.41) is 4.16. The van der Waals surface area contributed by atoms with E-state index >= 15 is 0 Å². The number of piperidine rings is 1. The molecule has 1 aliphatic heterocycles. The molecule has 0 radical (unpaired) electrons. The molecule has 2 aromatic heterocycles. The van der Waals surface area contributed by atoms with Crippen LogP contribution in [0.25, 0.3) is 0 Å². The number of hydrogen-bond donors (Lipinski definition) is 0. The summed E-state index contributed by atoms with van der Waals surface area (Å²) in [7, 11) is 1.84. The lowest BCUT2D eigenvalue weighted by molar-refractivity contribution is 0.0654.